The molecule has 1 unspecified atom stereocenters. The Labute approximate surface area is 96.1 Å². The van der Waals surface area contributed by atoms with Crippen molar-refractivity contribution in [2.45, 2.75) is 6.10 Å². The zero-order valence-electron chi connectivity index (χ0n) is 8.08. The SMILES string of the molecule is OCCNCC(O)c1ccc(Br)c(F)c1. The van der Waals surface area contributed by atoms with Crippen LogP contribution in [-0.4, -0.2) is 29.9 Å². The third-order valence-corrected chi connectivity index (χ3v) is 2.60. The number of aliphatic hydroxyl groups is 2. The molecule has 0 amide bonds. The summed E-state index contributed by atoms with van der Waals surface area (Å²) in [6.45, 7) is 0.721. The molecule has 0 saturated heterocycles. The molecule has 0 aromatic heterocycles. The average molecular weight is 278 g/mol. The highest BCUT2D eigenvalue weighted by atomic mass is 79.9. The lowest BCUT2D eigenvalue weighted by atomic mass is 10.1. The zero-order valence-corrected chi connectivity index (χ0v) is 9.67. The van der Waals surface area contributed by atoms with Gasteiger partial charge in [-0.25, -0.2) is 4.39 Å². The van der Waals surface area contributed by atoms with Crippen molar-refractivity contribution in [1.29, 1.82) is 0 Å². The summed E-state index contributed by atoms with van der Waals surface area (Å²) in [5, 5.41) is 21.0. The molecule has 0 aliphatic heterocycles. The Morgan fingerprint density at radius 3 is 2.80 bits per heavy atom. The zero-order chi connectivity index (χ0) is 11.3. The second kappa shape index (κ2) is 6.17. The molecular weight excluding hydrogens is 265 g/mol. The van der Waals surface area contributed by atoms with E-state index in [1.807, 2.05) is 0 Å². The van der Waals surface area contributed by atoms with E-state index in [-0.39, 0.29) is 6.61 Å². The van der Waals surface area contributed by atoms with Gasteiger partial charge in [-0.15, -0.1) is 0 Å². The summed E-state index contributed by atoms with van der Waals surface area (Å²) >= 11 is 3.04. The Morgan fingerprint density at radius 1 is 1.47 bits per heavy atom. The van der Waals surface area contributed by atoms with Gasteiger partial charge in [-0.1, -0.05) is 6.07 Å². The molecule has 0 bridgehead atoms. The van der Waals surface area contributed by atoms with Crippen LogP contribution in [0.25, 0.3) is 0 Å². The maximum atomic E-state index is 13.1. The monoisotopic (exact) mass is 277 g/mol. The van der Waals surface area contributed by atoms with Crippen LogP contribution in [-0.2, 0) is 0 Å². The molecule has 0 heterocycles. The Morgan fingerprint density at radius 2 is 2.20 bits per heavy atom. The Kier molecular flexibility index (Phi) is 5.17. The van der Waals surface area contributed by atoms with Gasteiger partial charge in [0, 0.05) is 13.1 Å². The number of aliphatic hydroxyl groups excluding tert-OH is 2. The molecule has 0 saturated carbocycles. The molecule has 5 heteroatoms. The lowest BCUT2D eigenvalue weighted by Gasteiger charge is -2.11. The molecule has 3 nitrogen and oxygen atoms in total. The summed E-state index contributed by atoms with van der Waals surface area (Å²) in [6.07, 6.45) is -0.765. The van der Waals surface area contributed by atoms with Crippen LogP contribution in [0.1, 0.15) is 11.7 Å². The van der Waals surface area contributed by atoms with Crippen molar-refractivity contribution < 1.29 is 14.6 Å². The molecule has 0 radical (unpaired) electrons. The number of nitrogens with one attached hydrogen (secondary N) is 1. The molecule has 84 valence electrons. The molecule has 1 rings (SSSR count). The number of benzene rings is 1. The first kappa shape index (κ1) is 12.6. The summed E-state index contributed by atoms with van der Waals surface area (Å²) in [7, 11) is 0. The molecule has 15 heavy (non-hydrogen) atoms. The Hall–Kier alpha value is -0.490. The van der Waals surface area contributed by atoms with E-state index < -0.39 is 11.9 Å². The van der Waals surface area contributed by atoms with E-state index >= 15 is 0 Å². The smallest absolute Gasteiger partial charge is 0.137 e. The number of halogens is 2. The van der Waals surface area contributed by atoms with Crippen molar-refractivity contribution in [2.24, 2.45) is 0 Å². The maximum Gasteiger partial charge on any atom is 0.137 e. The topological polar surface area (TPSA) is 52.5 Å². The molecule has 1 aromatic rings. The van der Waals surface area contributed by atoms with Gasteiger partial charge < -0.3 is 15.5 Å². The summed E-state index contributed by atoms with van der Waals surface area (Å²) in [4.78, 5) is 0. The summed E-state index contributed by atoms with van der Waals surface area (Å²) in [6, 6.07) is 4.49. The fourth-order valence-electron chi connectivity index (χ4n) is 1.16. The molecule has 0 fully saturated rings. The fraction of sp³-hybridized carbons (Fsp3) is 0.400. The summed E-state index contributed by atoms with van der Waals surface area (Å²) in [5.41, 5.74) is 0.515. The highest BCUT2D eigenvalue weighted by molar-refractivity contribution is 9.10. The quantitative estimate of drug-likeness (QED) is 0.709. The van der Waals surface area contributed by atoms with Crippen LogP contribution < -0.4 is 5.32 Å². The molecule has 0 spiro atoms. The van der Waals surface area contributed by atoms with Crippen LogP contribution >= 0.6 is 15.9 Å². The van der Waals surface area contributed by atoms with Crippen molar-refractivity contribution in [1.82, 2.24) is 5.32 Å². The molecule has 3 N–H and O–H groups in total. The van der Waals surface area contributed by atoms with Crippen molar-refractivity contribution in [2.75, 3.05) is 19.7 Å². The molecule has 0 aliphatic carbocycles. The van der Waals surface area contributed by atoms with Gasteiger partial charge in [0.2, 0.25) is 0 Å². The third kappa shape index (κ3) is 3.87. The molecular formula is C10H13BrFNO2. The van der Waals surface area contributed by atoms with E-state index in [2.05, 4.69) is 21.2 Å². The van der Waals surface area contributed by atoms with E-state index in [4.69, 9.17) is 5.11 Å². The highest BCUT2D eigenvalue weighted by Gasteiger charge is 2.09. The lowest BCUT2D eigenvalue weighted by Crippen LogP contribution is -2.24. The van der Waals surface area contributed by atoms with Crippen molar-refractivity contribution in [3.05, 3.63) is 34.1 Å². The highest BCUT2D eigenvalue weighted by Crippen LogP contribution is 2.20. The second-order valence-electron chi connectivity index (χ2n) is 3.12. The van der Waals surface area contributed by atoms with E-state index in [1.165, 1.54) is 6.07 Å². The van der Waals surface area contributed by atoms with Crippen LogP contribution in [0.5, 0.6) is 0 Å². The van der Waals surface area contributed by atoms with Gasteiger partial charge in [-0.2, -0.15) is 0 Å². The first-order chi connectivity index (χ1) is 7.15. The number of hydrogen-bond acceptors (Lipinski definition) is 3. The predicted molar refractivity (Wildman–Crippen MR) is 59.0 cm³/mol. The van der Waals surface area contributed by atoms with Crippen molar-refractivity contribution >= 4 is 15.9 Å². The fourth-order valence-corrected chi connectivity index (χ4v) is 1.40. The van der Waals surface area contributed by atoms with Crippen molar-refractivity contribution in [3.63, 3.8) is 0 Å². The Bertz CT molecular complexity index is 322. The molecule has 1 atom stereocenters. The van der Waals surface area contributed by atoms with Gasteiger partial charge in [0.1, 0.15) is 5.82 Å². The van der Waals surface area contributed by atoms with Gasteiger partial charge >= 0.3 is 0 Å². The van der Waals surface area contributed by atoms with Gasteiger partial charge in [-0.3, -0.25) is 0 Å². The van der Waals surface area contributed by atoms with E-state index in [1.54, 1.807) is 12.1 Å². The van der Waals surface area contributed by atoms with Gasteiger partial charge in [0.05, 0.1) is 17.2 Å². The average Bonchev–Trinajstić information content (AvgIpc) is 2.22. The van der Waals surface area contributed by atoms with Crippen LogP contribution in [0.15, 0.2) is 22.7 Å². The van der Waals surface area contributed by atoms with Crippen LogP contribution in [0.4, 0.5) is 4.39 Å². The largest absolute Gasteiger partial charge is 0.395 e. The minimum absolute atomic E-state index is 0.0153. The molecule has 1 aromatic carbocycles. The lowest BCUT2D eigenvalue weighted by molar-refractivity contribution is 0.170. The first-order valence-electron chi connectivity index (χ1n) is 4.59. The Balaban J connectivity index is 2.57. The van der Waals surface area contributed by atoms with Crippen LogP contribution in [0, 0.1) is 5.82 Å². The van der Waals surface area contributed by atoms with Gasteiger partial charge in [0.15, 0.2) is 0 Å². The third-order valence-electron chi connectivity index (χ3n) is 1.95. The van der Waals surface area contributed by atoms with Gasteiger partial charge in [0.25, 0.3) is 0 Å². The minimum Gasteiger partial charge on any atom is -0.395 e. The summed E-state index contributed by atoms with van der Waals surface area (Å²) < 4.78 is 13.5. The minimum atomic E-state index is -0.765. The van der Waals surface area contributed by atoms with E-state index in [9.17, 15) is 9.50 Å². The van der Waals surface area contributed by atoms with Gasteiger partial charge in [-0.05, 0) is 33.6 Å². The number of hydrogen-bond donors (Lipinski definition) is 3. The number of rotatable bonds is 5. The standard InChI is InChI=1S/C10H13BrFNO2/c11-8-2-1-7(5-9(8)12)10(15)6-13-3-4-14/h1-2,5,10,13-15H,3-4,6H2. The van der Waals surface area contributed by atoms with E-state index in [0.717, 1.165) is 0 Å². The maximum absolute atomic E-state index is 13.1. The predicted octanol–water partition coefficient (Wildman–Crippen LogP) is 1.20. The van der Waals surface area contributed by atoms with Crippen molar-refractivity contribution in [3.8, 4) is 0 Å². The van der Waals surface area contributed by atoms with Crippen LogP contribution in [0.3, 0.4) is 0 Å². The van der Waals surface area contributed by atoms with Crippen LogP contribution in [0.2, 0.25) is 0 Å². The summed E-state index contributed by atoms with van der Waals surface area (Å²) in [5.74, 6) is -0.395. The first-order valence-corrected chi connectivity index (χ1v) is 5.39. The molecule has 0 aliphatic rings. The van der Waals surface area contributed by atoms with E-state index in [0.29, 0.717) is 23.1 Å². The normalized spacial score (nSPS) is 12.8. The second-order valence-corrected chi connectivity index (χ2v) is 3.97.